The molecule has 0 radical (unpaired) electrons. The van der Waals surface area contributed by atoms with Gasteiger partial charge < -0.3 is 10.8 Å². The van der Waals surface area contributed by atoms with E-state index in [0.29, 0.717) is 24.2 Å². The molecule has 23 heavy (non-hydrogen) atoms. The summed E-state index contributed by atoms with van der Waals surface area (Å²) in [6.45, 7) is 7.38. The highest BCUT2D eigenvalue weighted by molar-refractivity contribution is 5.84. The Morgan fingerprint density at radius 2 is 1.91 bits per heavy atom. The minimum atomic E-state index is -0.589. The van der Waals surface area contributed by atoms with E-state index in [2.05, 4.69) is 4.85 Å². The molecule has 5 heteroatoms. The third kappa shape index (κ3) is 1.88. The molecular formula is C18H25N3O2. The Morgan fingerprint density at radius 1 is 1.22 bits per heavy atom. The average molecular weight is 315 g/mol. The zero-order chi connectivity index (χ0) is 16.0. The van der Waals surface area contributed by atoms with Crippen LogP contribution in [0.1, 0.15) is 51.4 Å². The third-order valence-corrected chi connectivity index (χ3v) is 7.48. The van der Waals surface area contributed by atoms with E-state index in [9.17, 15) is 9.90 Å². The third-order valence-electron chi connectivity index (χ3n) is 7.48. The van der Waals surface area contributed by atoms with Gasteiger partial charge in [-0.15, -0.1) is 0 Å². The topological polar surface area (TPSA) is 70.9 Å². The molecule has 8 atom stereocenters. The maximum absolute atomic E-state index is 13.1. The number of aliphatic hydroxyl groups is 1. The Balaban J connectivity index is 1.43. The van der Waals surface area contributed by atoms with Crippen LogP contribution < -0.4 is 5.73 Å². The van der Waals surface area contributed by atoms with Gasteiger partial charge in [0, 0.05) is 12.5 Å². The van der Waals surface area contributed by atoms with Crippen LogP contribution in [0.25, 0.3) is 4.85 Å². The van der Waals surface area contributed by atoms with Crippen molar-refractivity contribution in [2.75, 3.05) is 0 Å². The van der Waals surface area contributed by atoms with Crippen LogP contribution in [0, 0.1) is 29.7 Å². The Morgan fingerprint density at radius 3 is 2.52 bits per heavy atom. The fourth-order valence-electron chi connectivity index (χ4n) is 6.93. The maximum atomic E-state index is 13.1. The summed E-state index contributed by atoms with van der Waals surface area (Å²) in [6, 6.07) is -0.270. The smallest absolute Gasteiger partial charge is 0.301 e. The van der Waals surface area contributed by atoms with Crippen LogP contribution in [0.15, 0.2) is 0 Å². The van der Waals surface area contributed by atoms with Crippen molar-refractivity contribution in [3.05, 3.63) is 11.4 Å². The molecule has 5 saturated carbocycles. The maximum Gasteiger partial charge on any atom is 0.301 e. The molecule has 1 heterocycles. The van der Waals surface area contributed by atoms with Crippen molar-refractivity contribution in [3.8, 4) is 0 Å². The summed E-state index contributed by atoms with van der Waals surface area (Å²) < 4.78 is 0. The molecule has 6 aliphatic rings. The Hall–Kier alpha value is -1.12. The lowest BCUT2D eigenvalue weighted by Crippen LogP contribution is -2.64. The molecular weight excluding hydrogens is 290 g/mol. The van der Waals surface area contributed by atoms with Gasteiger partial charge in [-0.1, -0.05) is 0 Å². The number of nitrogens with two attached hydrogens (primary N) is 1. The summed E-state index contributed by atoms with van der Waals surface area (Å²) in [5.74, 6) is 1.58. The number of hydrogen-bond donors (Lipinski definition) is 2. The van der Waals surface area contributed by atoms with Crippen LogP contribution in [-0.4, -0.2) is 39.8 Å². The molecule has 3 N–H and O–H groups in total. The van der Waals surface area contributed by atoms with E-state index < -0.39 is 11.6 Å². The fourth-order valence-corrected chi connectivity index (χ4v) is 6.93. The van der Waals surface area contributed by atoms with E-state index in [1.807, 2.05) is 4.90 Å². The summed E-state index contributed by atoms with van der Waals surface area (Å²) in [4.78, 5) is 18.6. The van der Waals surface area contributed by atoms with Crippen molar-refractivity contribution in [1.29, 1.82) is 0 Å². The lowest BCUT2D eigenvalue weighted by atomic mass is 9.46. The standard InChI is InChI=1S/C18H25N3O2/c1-20-14-4-12-3-13(12)21(14)16(22)15(19)17-5-10-2-11(6-17)8-18(23,7-10)9-17/h10-15,23H,2-9,19H2/t10-,11?,12-,13-,14-,15+,17?,18?/m0/s1. The normalized spacial score (nSPS) is 53.8. The summed E-state index contributed by atoms with van der Waals surface area (Å²) in [7, 11) is 0. The molecule has 0 aromatic rings. The van der Waals surface area contributed by atoms with Gasteiger partial charge in [0.2, 0.25) is 5.91 Å². The van der Waals surface area contributed by atoms with Gasteiger partial charge >= 0.3 is 6.17 Å². The van der Waals surface area contributed by atoms with Gasteiger partial charge in [0.15, 0.2) is 0 Å². The molecule has 124 valence electrons. The number of piperidine rings is 1. The average Bonchev–Trinajstić information content (AvgIpc) is 3.14. The van der Waals surface area contributed by atoms with Crippen LogP contribution >= 0.6 is 0 Å². The largest absolute Gasteiger partial charge is 0.390 e. The molecule has 5 aliphatic carbocycles. The van der Waals surface area contributed by atoms with Gasteiger partial charge in [-0.25, -0.2) is 6.57 Å². The van der Waals surface area contributed by atoms with Crippen LogP contribution in [0.5, 0.6) is 0 Å². The van der Waals surface area contributed by atoms with Crippen molar-refractivity contribution < 1.29 is 9.90 Å². The van der Waals surface area contributed by atoms with Crippen molar-refractivity contribution in [2.24, 2.45) is 28.9 Å². The van der Waals surface area contributed by atoms with Gasteiger partial charge in [-0.2, -0.15) is 0 Å². The second-order valence-electron chi connectivity index (χ2n) is 9.18. The zero-order valence-corrected chi connectivity index (χ0v) is 13.4. The predicted molar refractivity (Wildman–Crippen MR) is 83.8 cm³/mol. The van der Waals surface area contributed by atoms with E-state index in [1.54, 1.807) is 0 Å². The Labute approximate surface area is 137 Å². The summed E-state index contributed by atoms with van der Waals surface area (Å²) in [6.07, 6.45) is 7.23. The highest BCUT2D eigenvalue weighted by atomic mass is 16.3. The molecule has 5 nitrogen and oxygen atoms in total. The highest BCUT2D eigenvalue weighted by Crippen LogP contribution is 2.63. The Kier molecular flexibility index (Phi) is 2.65. The molecule has 6 fully saturated rings. The number of amides is 1. The minimum Gasteiger partial charge on any atom is -0.390 e. The van der Waals surface area contributed by atoms with Gasteiger partial charge in [0.1, 0.15) is 0 Å². The van der Waals surface area contributed by atoms with Crippen molar-refractivity contribution >= 4 is 5.91 Å². The number of rotatable bonds is 2. The van der Waals surface area contributed by atoms with E-state index >= 15 is 0 Å². The van der Waals surface area contributed by atoms with E-state index in [4.69, 9.17) is 12.3 Å². The summed E-state index contributed by atoms with van der Waals surface area (Å²) >= 11 is 0. The molecule has 0 aromatic heterocycles. The van der Waals surface area contributed by atoms with Gasteiger partial charge in [-0.05, 0) is 68.1 Å². The molecule has 1 saturated heterocycles. The number of carbonyl (C=O) groups is 1. The minimum absolute atomic E-state index is 0.0125. The Bertz CT molecular complexity index is 598. The predicted octanol–water partition coefficient (Wildman–Crippen LogP) is 1.51. The molecule has 3 unspecified atom stereocenters. The monoisotopic (exact) mass is 315 g/mol. The van der Waals surface area contributed by atoms with Crippen molar-refractivity contribution in [1.82, 2.24) is 4.90 Å². The quantitative estimate of drug-likeness (QED) is 0.759. The van der Waals surface area contributed by atoms with Crippen molar-refractivity contribution in [2.45, 2.75) is 75.2 Å². The van der Waals surface area contributed by atoms with E-state index in [0.717, 1.165) is 38.5 Å². The van der Waals surface area contributed by atoms with Gasteiger partial charge in [0.05, 0.1) is 11.6 Å². The van der Waals surface area contributed by atoms with Crippen LogP contribution in [0.4, 0.5) is 0 Å². The molecule has 6 rings (SSSR count). The number of hydrogen-bond acceptors (Lipinski definition) is 3. The first-order valence-corrected chi connectivity index (χ1v) is 9.10. The van der Waals surface area contributed by atoms with Crippen molar-refractivity contribution in [3.63, 3.8) is 0 Å². The molecule has 0 aromatic carbocycles. The lowest BCUT2D eigenvalue weighted by molar-refractivity contribution is -0.177. The number of likely N-dealkylation sites (tertiary alicyclic amines) is 1. The molecule has 4 bridgehead atoms. The SMILES string of the molecule is [C-]#[N+][C@@H]1C[C@@H]2C[C@@H]2N1C(=O)[C@@H](N)C12CC3C[C@H](CC(O)(C3)C1)C2. The van der Waals surface area contributed by atoms with Crippen LogP contribution in [-0.2, 0) is 4.79 Å². The summed E-state index contributed by atoms with van der Waals surface area (Å²) in [5, 5.41) is 10.9. The lowest BCUT2D eigenvalue weighted by Gasteiger charge is -2.61. The van der Waals surface area contributed by atoms with Gasteiger partial charge in [0.25, 0.3) is 0 Å². The first-order chi connectivity index (χ1) is 10.9. The molecule has 0 spiro atoms. The van der Waals surface area contributed by atoms with Crippen LogP contribution in [0.3, 0.4) is 0 Å². The molecule has 1 aliphatic heterocycles. The zero-order valence-electron chi connectivity index (χ0n) is 13.4. The highest BCUT2D eigenvalue weighted by Gasteiger charge is 2.63. The van der Waals surface area contributed by atoms with Gasteiger partial charge in [-0.3, -0.25) is 14.5 Å². The first-order valence-electron chi connectivity index (χ1n) is 9.10. The number of fused-ring (bicyclic) bond motifs is 1. The number of nitrogens with zero attached hydrogens (tertiary/aromatic N) is 2. The summed E-state index contributed by atoms with van der Waals surface area (Å²) in [5.41, 5.74) is 5.73. The number of carbonyl (C=O) groups excluding carboxylic acids is 1. The van der Waals surface area contributed by atoms with Crippen LogP contribution in [0.2, 0.25) is 0 Å². The fraction of sp³-hybridized carbons (Fsp3) is 0.889. The molecule has 1 amide bonds. The van der Waals surface area contributed by atoms with E-state index in [-0.39, 0.29) is 23.5 Å². The van der Waals surface area contributed by atoms with E-state index in [1.165, 1.54) is 6.42 Å². The second-order valence-corrected chi connectivity index (χ2v) is 9.18. The second kappa shape index (κ2) is 4.29. The first kappa shape index (κ1) is 14.2.